The number of rotatable bonds is 6. The predicted molar refractivity (Wildman–Crippen MR) is 102 cm³/mol. The molecule has 3 rings (SSSR count). The topological polar surface area (TPSA) is 71.1 Å². The van der Waals surface area contributed by atoms with Crippen LogP contribution in [0.15, 0.2) is 46.6 Å². The van der Waals surface area contributed by atoms with E-state index in [4.69, 9.17) is 18.9 Å². The molecule has 7 heteroatoms. The molecule has 0 aromatic heterocycles. The molecule has 0 saturated carbocycles. The number of Topliss-reactive ketones (excluding diaryl/α,β-unsaturated/α-hetero) is 1. The minimum absolute atomic E-state index is 0.184. The molecule has 0 saturated heterocycles. The number of carbonyl (C=O) groups excluding carboxylic acids is 2. The number of halogens is 1. The number of ether oxygens (including phenoxy) is 4. The Morgan fingerprint density at radius 1 is 1.22 bits per heavy atom. The molecule has 1 aliphatic rings. The predicted octanol–water partition coefficient (Wildman–Crippen LogP) is 4.02. The molecule has 0 radical (unpaired) electrons. The van der Waals surface area contributed by atoms with Gasteiger partial charge in [0.1, 0.15) is 17.2 Å². The summed E-state index contributed by atoms with van der Waals surface area (Å²) in [6.45, 7) is 1.80. The molecule has 1 heterocycles. The number of fused-ring (bicyclic) bond motifs is 1. The lowest BCUT2D eigenvalue weighted by atomic mass is 10.1. The van der Waals surface area contributed by atoms with Crippen LogP contribution < -0.4 is 14.2 Å². The minimum Gasteiger partial charge on any atom is -0.496 e. The van der Waals surface area contributed by atoms with Gasteiger partial charge < -0.3 is 18.9 Å². The van der Waals surface area contributed by atoms with Crippen LogP contribution in [0.2, 0.25) is 0 Å². The highest BCUT2D eigenvalue weighted by Gasteiger charge is 2.28. The molecule has 0 bridgehead atoms. The second kappa shape index (κ2) is 8.26. The first-order valence-electron chi connectivity index (χ1n) is 8.22. The Morgan fingerprint density at radius 3 is 2.78 bits per heavy atom. The number of methoxy groups -OCH3 is 1. The van der Waals surface area contributed by atoms with Gasteiger partial charge in [0.25, 0.3) is 0 Å². The van der Waals surface area contributed by atoms with Crippen molar-refractivity contribution < 1.29 is 28.5 Å². The minimum atomic E-state index is -0.461. The molecule has 0 N–H and O–H groups in total. The van der Waals surface area contributed by atoms with Crippen molar-refractivity contribution in [2.24, 2.45) is 0 Å². The molecule has 0 aliphatic carbocycles. The lowest BCUT2D eigenvalue weighted by molar-refractivity contribution is -0.145. The fourth-order valence-electron chi connectivity index (χ4n) is 2.56. The number of allylic oxidation sites excluding steroid dienone is 1. The van der Waals surface area contributed by atoms with Gasteiger partial charge in [0, 0.05) is 16.1 Å². The summed E-state index contributed by atoms with van der Waals surface area (Å²) in [4.78, 5) is 24.0. The second-order valence-corrected chi connectivity index (χ2v) is 6.49. The van der Waals surface area contributed by atoms with Crippen LogP contribution in [-0.4, -0.2) is 32.1 Å². The van der Waals surface area contributed by atoms with E-state index in [2.05, 4.69) is 15.9 Å². The van der Waals surface area contributed by atoms with Gasteiger partial charge in [0.15, 0.2) is 12.4 Å². The molecule has 0 spiro atoms. The largest absolute Gasteiger partial charge is 0.496 e. The zero-order chi connectivity index (χ0) is 19.4. The van der Waals surface area contributed by atoms with Crippen molar-refractivity contribution in [3.8, 4) is 17.2 Å². The van der Waals surface area contributed by atoms with Crippen molar-refractivity contribution in [2.75, 3.05) is 20.3 Å². The standard InChI is InChI=1S/C20H17BrO6/c1-3-25-19(22)11-26-14-5-6-15-17(10-14)27-18(20(15)23)9-12-8-13(21)4-7-16(12)24-2/h4-10H,3,11H2,1-2H3. The highest BCUT2D eigenvalue weighted by atomic mass is 79.9. The van der Waals surface area contributed by atoms with Crippen LogP contribution in [0.25, 0.3) is 6.08 Å². The monoisotopic (exact) mass is 432 g/mol. The van der Waals surface area contributed by atoms with Gasteiger partial charge in [-0.05, 0) is 43.3 Å². The summed E-state index contributed by atoms with van der Waals surface area (Å²) in [7, 11) is 1.56. The van der Waals surface area contributed by atoms with Gasteiger partial charge in [-0.2, -0.15) is 0 Å². The number of ketones is 1. The van der Waals surface area contributed by atoms with Crippen molar-refractivity contribution in [1.29, 1.82) is 0 Å². The Balaban J connectivity index is 1.81. The van der Waals surface area contributed by atoms with Crippen LogP contribution in [0.5, 0.6) is 17.2 Å². The zero-order valence-electron chi connectivity index (χ0n) is 14.8. The quantitative estimate of drug-likeness (QED) is 0.507. The summed E-state index contributed by atoms with van der Waals surface area (Å²) in [5, 5.41) is 0. The first-order chi connectivity index (χ1) is 13.0. The van der Waals surface area contributed by atoms with Crippen molar-refractivity contribution in [1.82, 2.24) is 0 Å². The molecule has 0 atom stereocenters. The fourth-order valence-corrected chi connectivity index (χ4v) is 2.94. The van der Waals surface area contributed by atoms with Gasteiger partial charge in [0.2, 0.25) is 5.78 Å². The average Bonchev–Trinajstić information content (AvgIpc) is 2.95. The third-order valence-electron chi connectivity index (χ3n) is 3.78. The van der Waals surface area contributed by atoms with Crippen molar-refractivity contribution >= 4 is 33.8 Å². The van der Waals surface area contributed by atoms with Gasteiger partial charge in [0.05, 0.1) is 19.3 Å². The number of esters is 1. The highest BCUT2D eigenvalue weighted by Crippen LogP contribution is 2.36. The average molecular weight is 433 g/mol. The summed E-state index contributed by atoms with van der Waals surface area (Å²) < 4.78 is 22.1. The Kier molecular flexibility index (Phi) is 5.81. The Morgan fingerprint density at radius 2 is 2.04 bits per heavy atom. The van der Waals surface area contributed by atoms with Gasteiger partial charge >= 0.3 is 5.97 Å². The zero-order valence-corrected chi connectivity index (χ0v) is 16.4. The normalized spacial score (nSPS) is 13.9. The molecule has 2 aromatic rings. The van der Waals surface area contributed by atoms with Gasteiger partial charge in [-0.1, -0.05) is 15.9 Å². The Labute approximate surface area is 164 Å². The molecule has 140 valence electrons. The maximum atomic E-state index is 12.6. The number of carbonyl (C=O) groups is 2. The lowest BCUT2D eigenvalue weighted by Crippen LogP contribution is -2.14. The number of hydrogen-bond donors (Lipinski definition) is 0. The van der Waals surface area contributed by atoms with Crippen molar-refractivity contribution in [2.45, 2.75) is 6.92 Å². The molecule has 0 amide bonds. The highest BCUT2D eigenvalue weighted by molar-refractivity contribution is 9.10. The maximum absolute atomic E-state index is 12.6. The summed E-state index contributed by atoms with van der Waals surface area (Å²) in [5.74, 6) is 0.902. The van der Waals surface area contributed by atoms with Crippen molar-refractivity contribution in [3.63, 3.8) is 0 Å². The summed E-state index contributed by atoms with van der Waals surface area (Å²) in [6, 6.07) is 10.3. The smallest absolute Gasteiger partial charge is 0.344 e. The van der Waals surface area contributed by atoms with E-state index in [0.29, 0.717) is 28.4 Å². The van der Waals surface area contributed by atoms with Crippen LogP contribution in [0.4, 0.5) is 0 Å². The molecule has 6 nitrogen and oxygen atoms in total. The number of hydrogen-bond acceptors (Lipinski definition) is 6. The molecular formula is C20H17BrO6. The summed E-state index contributed by atoms with van der Waals surface area (Å²) in [6.07, 6.45) is 1.63. The molecule has 0 unspecified atom stereocenters. The van der Waals surface area contributed by atoms with Crippen LogP contribution >= 0.6 is 15.9 Å². The SMILES string of the molecule is CCOC(=O)COc1ccc2c(c1)OC(=Cc1cc(Br)ccc1OC)C2=O. The molecule has 27 heavy (non-hydrogen) atoms. The lowest BCUT2D eigenvalue weighted by Gasteiger charge is -2.07. The Hall–Kier alpha value is -2.80. The first-order valence-corrected chi connectivity index (χ1v) is 9.01. The molecule has 0 fully saturated rings. The molecule has 1 aliphatic heterocycles. The van der Waals surface area contributed by atoms with Crippen molar-refractivity contribution in [3.05, 3.63) is 57.8 Å². The van der Waals surface area contributed by atoms with E-state index >= 15 is 0 Å². The summed E-state index contributed by atoms with van der Waals surface area (Å²) in [5.41, 5.74) is 1.14. The van der Waals surface area contributed by atoms with E-state index < -0.39 is 5.97 Å². The third kappa shape index (κ3) is 4.31. The fraction of sp³-hybridized carbons (Fsp3) is 0.200. The first kappa shape index (κ1) is 19.0. The van der Waals surface area contributed by atoms with Crippen LogP contribution in [0, 0.1) is 0 Å². The van der Waals surface area contributed by atoms with Gasteiger partial charge in [-0.25, -0.2) is 4.79 Å². The van der Waals surface area contributed by atoms with Crippen LogP contribution in [-0.2, 0) is 9.53 Å². The van der Waals surface area contributed by atoms with Gasteiger partial charge in [-0.3, -0.25) is 4.79 Å². The molecule has 2 aromatic carbocycles. The van der Waals surface area contributed by atoms with E-state index in [0.717, 1.165) is 4.47 Å². The van der Waals surface area contributed by atoms with E-state index in [1.165, 1.54) is 0 Å². The van der Waals surface area contributed by atoms with Gasteiger partial charge in [-0.15, -0.1) is 0 Å². The van der Waals surface area contributed by atoms with E-state index in [1.54, 1.807) is 44.4 Å². The van der Waals surface area contributed by atoms with E-state index in [1.807, 2.05) is 12.1 Å². The summed E-state index contributed by atoms with van der Waals surface area (Å²) >= 11 is 3.40. The van der Waals surface area contributed by atoms with Crippen LogP contribution in [0.1, 0.15) is 22.8 Å². The van der Waals surface area contributed by atoms with E-state index in [9.17, 15) is 9.59 Å². The number of benzene rings is 2. The maximum Gasteiger partial charge on any atom is 0.344 e. The third-order valence-corrected chi connectivity index (χ3v) is 4.28. The Bertz CT molecular complexity index is 919. The van der Waals surface area contributed by atoms with E-state index in [-0.39, 0.29) is 24.8 Å². The molecular weight excluding hydrogens is 416 g/mol. The second-order valence-electron chi connectivity index (χ2n) is 5.58. The van der Waals surface area contributed by atoms with Crippen LogP contribution in [0.3, 0.4) is 0 Å².